The van der Waals surface area contributed by atoms with Crippen molar-refractivity contribution >= 4 is 23.8 Å². The van der Waals surface area contributed by atoms with Crippen LogP contribution < -0.4 is 32.9 Å². The van der Waals surface area contributed by atoms with E-state index >= 15 is 0 Å². The highest BCUT2D eigenvalue weighted by molar-refractivity contribution is 7.79. The molecule has 0 bridgehead atoms. The number of rotatable bonds is 3. The fourth-order valence-electron chi connectivity index (χ4n) is 3.88. The number of hydrogen-bond acceptors (Lipinski definition) is 0. The first-order chi connectivity index (χ1) is 12.7. The minimum absolute atomic E-state index is 0. The Morgan fingerprint density at radius 3 is 1.39 bits per heavy atom. The van der Waals surface area contributed by atoms with Crippen LogP contribution in [0, 0.1) is 0 Å². The molecule has 0 aliphatic heterocycles. The molecule has 2 heteroatoms. The van der Waals surface area contributed by atoms with Gasteiger partial charge in [-0.05, 0) is 46.7 Å². The zero-order chi connectivity index (χ0) is 19.7. The fraction of sp³-hybridized carbons (Fsp3) is 0.308. The second kappa shape index (κ2) is 8.93. The molecule has 28 heavy (non-hydrogen) atoms. The average molecular weight is 455 g/mol. The second-order valence-corrected chi connectivity index (χ2v) is 11.8. The van der Waals surface area contributed by atoms with Crippen LogP contribution in [0.25, 0.3) is 0 Å². The van der Waals surface area contributed by atoms with Crippen LogP contribution in [0.2, 0.25) is 0 Å². The van der Waals surface area contributed by atoms with E-state index in [-0.39, 0.29) is 27.8 Å². The van der Waals surface area contributed by atoms with Gasteiger partial charge in [-0.3, -0.25) is 0 Å². The molecule has 0 atom stereocenters. The van der Waals surface area contributed by atoms with Crippen molar-refractivity contribution in [2.24, 2.45) is 0 Å². The Labute approximate surface area is 182 Å². The summed E-state index contributed by atoms with van der Waals surface area (Å²) < 4.78 is 0. The van der Waals surface area contributed by atoms with Crippen molar-refractivity contribution in [2.45, 2.75) is 52.4 Å². The molecule has 0 saturated heterocycles. The minimum atomic E-state index is -1.07. The molecule has 3 aromatic carbocycles. The highest BCUT2D eigenvalue weighted by Gasteiger charge is 2.35. The summed E-state index contributed by atoms with van der Waals surface area (Å²) in [6, 6.07) is 29.1. The predicted molar refractivity (Wildman–Crippen MR) is 124 cm³/mol. The quantitative estimate of drug-likeness (QED) is 0.533. The lowest BCUT2D eigenvalue weighted by Gasteiger charge is -2.32. The van der Waals surface area contributed by atoms with Gasteiger partial charge in [-0.1, -0.05) is 90.1 Å². The number of hydrogen-bond donors (Lipinski definition) is 0. The Hall–Kier alpha value is -1.43. The van der Waals surface area contributed by atoms with Crippen LogP contribution in [0.5, 0.6) is 0 Å². The molecule has 0 aliphatic carbocycles. The Morgan fingerprint density at radius 1 is 0.536 bits per heavy atom. The molecule has 0 heterocycles. The normalized spacial score (nSPS) is 12.0. The third kappa shape index (κ3) is 4.94. The van der Waals surface area contributed by atoms with Gasteiger partial charge < -0.3 is 17.0 Å². The third-order valence-corrected chi connectivity index (χ3v) is 7.79. The molecular weight excluding hydrogens is 423 g/mol. The lowest BCUT2D eigenvalue weighted by atomic mass is 9.75. The SMILES string of the molecule is CC(C)(C)c1cccc([PH+](c2ccccc2)c2ccccc2)c1C(C)(C)C.[Br-]. The summed E-state index contributed by atoms with van der Waals surface area (Å²) in [5, 5.41) is 4.42. The molecule has 0 spiro atoms. The standard InChI is InChI=1S/C26H31P.BrH/c1-25(2,3)22-18-13-19-23(24(22)26(4,5)6)27(20-14-9-7-10-15-20)21-16-11-8-12-17-21;/h7-19H,1-6H3;1H. The number of halogens is 1. The Morgan fingerprint density at radius 2 is 1.00 bits per heavy atom. The fourth-order valence-corrected chi connectivity index (χ4v) is 6.91. The smallest absolute Gasteiger partial charge is 0.106 e. The highest BCUT2D eigenvalue weighted by atomic mass is 79.9. The molecule has 0 N–H and O–H groups in total. The van der Waals surface area contributed by atoms with Crippen molar-refractivity contribution in [1.29, 1.82) is 0 Å². The summed E-state index contributed by atoms with van der Waals surface area (Å²) in [5.41, 5.74) is 3.22. The molecule has 0 unspecified atom stereocenters. The van der Waals surface area contributed by atoms with Gasteiger partial charge in [0.2, 0.25) is 0 Å². The topological polar surface area (TPSA) is 0 Å². The third-order valence-electron chi connectivity index (χ3n) is 5.02. The highest BCUT2D eigenvalue weighted by Crippen LogP contribution is 2.41. The molecule has 0 aromatic heterocycles. The largest absolute Gasteiger partial charge is 1.00 e. The second-order valence-electron chi connectivity index (χ2n) is 9.34. The van der Waals surface area contributed by atoms with E-state index in [1.54, 1.807) is 0 Å². The van der Waals surface area contributed by atoms with Gasteiger partial charge in [-0.15, -0.1) is 0 Å². The Kier molecular flexibility index (Phi) is 7.29. The first-order valence-electron chi connectivity index (χ1n) is 9.82. The van der Waals surface area contributed by atoms with Crippen molar-refractivity contribution in [3.05, 3.63) is 90.0 Å². The molecule has 0 aliphatic rings. The van der Waals surface area contributed by atoms with Crippen LogP contribution in [0.15, 0.2) is 78.9 Å². The van der Waals surface area contributed by atoms with Gasteiger partial charge in [0.05, 0.1) is 7.92 Å². The summed E-state index contributed by atoms with van der Waals surface area (Å²) in [4.78, 5) is 0. The molecule has 148 valence electrons. The minimum Gasteiger partial charge on any atom is -1.00 e. The zero-order valence-corrected chi connectivity index (χ0v) is 20.5. The van der Waals surface area contributed by atoms with E-state index in [1.165, 1.54) is 27.0 Å². The van der Waals surface area contributed by atoms with Crippen LogP contribution >= 0.6 is 7.92 Å². The van der Waals surface area contributed by atoms with Gasteiger partial charge in [-0.25, -0.2) is 0 Å². The van der Waals surface area contributed by atoms with Crippen LogP contribution in [-0.2, 0) is 10.8 Å². The van der Waals surface area contributed by atoms with E-state index in [0.29, 0.717) is 0 Å². The molecule has 0 radical (unpaired) electrons. The zero-order valence-electron chi connectivity index (χ0n) is 17.9. The first-order valence-corrected chi connectivity index (χ1v) is 11.3. The van der Waals surface area contributed by atoms with Crippen molar-refractivity contribution in [3.63, 3.8) is 0 Å². The van der Waals surface area contributed by atoms with Gasteiger partial charge in [0.25, 0.3) is 0 Å². The maximum Gasteiger partial charge on any atom is 0.106 e. The summed E-state index contributed by atoms with van der Waals surface area (Å²) >= 11 is 0. The predicted octanol–water partition coefficient (Wildman–Crippen LogP) is 2.78. The molecule has 3 rings (SSSR count). The maximum atomic E-state index is 2.38. The van der Waals surface area contributed by atoms with E-state index < -0.39 is 7.92 Å². The van der Waals surface area contributed by atoms with Crippen LogP contribution in [0.1, 0.15) is 52.7 Å². The van der Waals surface area contributed by atoms with Gasteiger partial charge in [0.15, 0.2) is 0 Å². The Bertz CT molecular complexity index is 848. The first kappa shape index (κ1) is 22.9. The van der Waals surface area contributed by atoms with Crippen LogP contribution in [-0.4, -0.2) is 0 Å². The van der Waals surface area contributed by atoms with Crippen molar-refractivity contribution < 1.29 is 17.0 Å². The van der Waals surface area contributed by atoms with Gasteiger partial charge >= 0.3 is 0 Å². The van der Waals surface area contributed by atoms with Gasteiger partial charge in [0.1, 0.15) is 15.9 Å². The maximum absolute atomic E-state index is 2.38. The van der Waals surface area contributed by atoms with Crippen molar-refractivity contribution in [2.75, 3.05) is 0 Å². The monoisotopic (exact) mass is 454 g/mol. The lowest BCUT2D eigenvalue weighted by Crippen LogP contribution is -3.00. The molecule has 0 fully saturated rings. The van der Waals surface area contributed by atoms with Crippen molar-refractivity contribution in [3.8, 4) is 0 Å². The van der Waals surface area contributed by atoms with E-state index in [2.05, 4.69) is 120 Å². The summed E-state index contributed by atoms with van der Waals surface area (Å²) in [5.74, 6) is 0. The lowest BCUT2D eigenvalue weighted by molar-refractivity contribution is -0.00000621. The van der Waals surface area contributed by atoms with E-state index in [1.807, 2.05) is 0 Å². The van der Waals surface area contributed by atoms with Crippen molar-refractivity contribution in [1.82, 2.24) is 0 Å². The molecule has 0 nitrogen and oxygen atoms in total. The average Bonchev–Trinajstić information content (AvgIpc) is 2.62. The summed E-state index contributed by atoms with van der Waals surface area (Å²) in [7, 11) is -1.07. The molecule has 3 aromatic rings. The van der Waals surface area contributed by atoms with E-state index in [9.17, 15) is 0 Å². The Balaban J connectivity index is 0.00000280. The van der Waals surface area contributed by atoms with E-state index in [0.717, 1.165) is 0 Å². The van der Waals surface area contributed by atoms with E-state index in [4.69, 9.17) is 0 Å². The number of benzene rings is 3. The molecule has 0 saturated carbocycles. The molecular formula is C26H32BrP. The van der Waals surface area contributed by atoms with Crippen LogP contribution in [0.4, 0.5) is 0 Å². The molecule has 0 amide bonds. The van der Waals surface area contributed by atoms with Gasteiger partial charge in [0, 0.05) is 5.56 Å². The summed E-state index contributed by atoms with van der Waals surface area (Å²) in [6.07, 6.45) is 0. The summed E-state index contributed by atoms with van der Waals surface area (Å²) in [6.45, 7) is 14.1. The van der Waals surface area contributed by atoms with Crippen LogP contribution in [0.3, 0.4) is 0 Å². The van der Waals surface area contributed by atoms with Gasteiger partial charge in [-0.2, -0.15) is 0 Å².